The van der Waals surface area contributed by atoms with Crippen molar-refractivity contribution >= 4 is 5.69 Å². The van der Waals surface area contributed by atoms with E-state index in [1.54, 1.807) is 6.92 Å². The lowest BCUT2D eigenvalue weighted by Crippen LogP contribution is -2.35. The first kappa shape index (κ1) is 14.8. The normalized spacial score (nSPS) is 24.8. The highest BCUT2D eigenvalue weighted by molar-refractivity contribution is 5.58. The van der Waals surface area contributed by atoms with Gasteiger partial charge in [-0.2, -0.15) is 0 Å². The average Bonchev–Trinajstić information content (AvgIpc) is 3.09. The van der Waals surface area contributed by atoms with Gasteiger partial charge in [-0.1, -0.05) is 12.8 Å². The van der Waals surface area contributed by atoms with Gasteiger partial charge in [0.05, 0.1) is 6.10 Å². The lowest BCUT2D eigenvalue weighted by molar-refractivity contribution is 0.199. The third kappa shape index (κ3) is 2.80. The van der Waals surface area contributed by atoms with Gasteiger partial charge in [-0.05, 0) is 63.1 Å². The summed E-state index contributed by atoms with van der Waals surface area (Å²) in [6, 6.07) is 4.04. The predicted octanol–water partition coefficient (Wildman–Crippen LogP) is 4.35. The Morgan fingerprint density at radius 3 is 2.57 bits per heavy atom. The van der Waals surface area contributed by atoms with E-state index in [0.29, 0.717) is 11.6 Å². The highest BCUT2D eigenvalue weighted by Gasteiger charge is 2.34. The van der Waals surface area contributed by atoms with Crippen LogP contribution in [0.25, 0.3) is 0 Å². The zero-order valence-electron chi connectivity index (χ0n) is 13.1. The second kappa shape index (κ2) is 5.96. The van der Waals surface area contributed by atoms with Crippen LogP contribution in [0.5, 0.6) is 0 Å². The number of hydrogen-bond acceptors (Lipinski definition) is 2. The fourth-order valence-corrected chi connectivity index (χ4v) is 4.19. The highest BCUT2D eigenvalue weighted by atomic mass is 19.1. The van der Waals surface area contributed by atoms with E-state index in [-0.39, 0.29) is 5.82 Å². The van der Waals surface area contributed by atoms with Gasteiger partial charge in [0.15, 0.2) is 0 Å². The lowest BCUT2D eigenvalue weighted by atomic mass is 9.94. The van der Waals surface area contributed by atoms with E-state index in [1.165, 1.54) is 44.6 Å². The van der Waals surface area contributed by atoms with Gasteiger partial charge in [-0.15, -0.1) is 0 Å². The Balaban J connectivity index is 1.96. The first-order valence-electron chi connectivity index (χ1n) is 8.32. The summed E-state index contributed by atoms with van der Waals surface area (Å²) < 4.78 is 13.9. The topological polar surface area (TPSA) is 23.5 Å². The molecule has 0 bridgehead atoms. The summed E-state index contributed by atoms with van der Waals surface area (Å²) in [5, 5.41) is 10.0. The summed E-state index contributed by atoms with van der Waals surface area (Å²) in [6.45, 7) is 4.57. The summed E-state index contributed by atoms with van der Waals surface area (Å²) in [5.74, 6) is 0.561. The molecular formula is C18H26FNO. The zero-order valence-corrected chi connectivity index (χ0v) is 13.1. The summed E-state index contributed by atoms with van der Waals surface area (Å²) in [5.41, 5.74) is 2.47. The molecule has 0 amide bonds. The van der Waals surface area contributed by atoms with E-state index in [4.69, 9.17) is 0 Å². The van der Waals surface area contributed by atoms with Gasteiger partial charge in [0.25, 0.3) is 0 Å². The summed E-state index contributed by atoms with van der Waals surface area (Å²) >= 11 is 0. The zero-order chi connectivity index (χ0) is 15.0. The molecule has 0 spiro atoms. The molecule has 1 unspecified atom stereocenters. The number of aliphatic hydroxyl groups is 1. The second-order valence-electron chi connectivity index (χ2n) is 6.78. The number of hydrogen-bond donors (Lipinski definition) is 1. The van der Waals surface area contributed by atoms with Crippen LogP contribution in [-0.2, 0) is 0 Å². The first-order valence-corrected chi connectivity index (χ1v) is 8.32. The largest absolute Gasteiger partial charge is 0.389 e. The summed E-state index contributed by atoms with van der Waals surface area (Å²) in [6.07, 6.45) is 7.16. The second-order valence-corrected chi connectivity index (χ2v) is 6.78. The van der Waals surface area contributed by atoms with Crippen LogP contribution in [0.15, 0.2) is 12.1 Å². The van der Waals surface area contributed by atoms with Gasteiger partial charge >= 0.3 is 0 Å². The molecule has 1 heterocycles. The van der Waals surface area contributed by atoms with Crippen LogP contribution in [0.3, 0.4) is 0 Å². The minimum atomic E-state index is -0.625. The average molecular weight is 291 g/mol. The Morgan fingerprint density at radius 1 is 1.19 bits per heavy atom. The predicted molar refractivity (Wildman–Crippen MR) is 84.1 cm³/mol. The molecule has 0 radical (unpaired) electrons. The van der Waals surface area contributed by atoms with Crippen LogP contribution in [-0.4, -0.2) is 17.7 Å². The van der Waals surface area contributed by atoms with Crippen molar-refractivity contribution in [2.75, 3.05) is 11.4 Å². The number of rotatable bonds is 3. The number of halogens is 1. The van der Waals surface area contributed by atoms with Crippen molar-refractivity contribution in [2.24, 2.45) is 5.92 Å². The Labute approximate surface area is 127 Å². The number of aliphatic hydroxyl groups excluding tert-OH is 1. The molecule has 1 saturated heterocycles. The minimum Gasteiger partial charge on any atom is -0.389 e. The quantitative estimate of drug-likeness (QED) is 0.895. The van der Waals surface area contributed by atoms with Gasteiger partial charge in [-0.25, -0.2) is 4.39 Å². The molecule has 21 heavy (non-hydrogen) atoms. The van der Waals surface area contributed by atoms with Crippen molar-refractivity contribution in [3.8, 4) is 0 Å². The van der Waals surface area contributed by atoms with Crippen molar-refractivity contribution in [2.45, 2.75) is 64.5 Å². The molecule has 2 aliphatic rings. The van der Waals surface area contributed by atoms with Crippen LogP contribution in [0.1, 0.15) is 62.7 Å². The van der Waals surface area contributed by atoms with E-state index in [0.717, 1.165) is 23.7 Å². The maximum absolute atomic E-state index is 13.9. The maximum atomic E-state index is 13.9. The van der Waals surface area contributed by atoms with Crippen LogP contribution < -0.4 is 4.90 Å². The molecule has 1 N–H and O–H groups in total. The Hall–Kier alpha value is -1.09. The molecule has 2 nitrogen and oxygen atoms in total. The fourth-order valence-electron chi connectivity index (χ4n) is 4.19. The van der Waals surface area contributed by atoms with Crippen molar-refractivity contribution in [1.29, 1.82) is 0 Å². The third-order valence-electron chi connectivity index (χ3n) is 5.31. The Kier molecular flexibility index (Phi) is 4.21. The van der Waals surface area contributed by atoms with Crippen LogP contribution in [0, 0.1) is 18.7 Å². The maximum Gasteiger partial charge on any atom is 0.126 e. The number of benzene rings is 1. The molecule has 3 heteroatoms. The molecule has 1 aromatic rings. The minimum absolute atomic E-state index is 0.216. The Morgan fingerprint density at radius 2 is 1.90 bits per heavy atom. The molecule has 116 valence electrons. The molecule has 1 aromatic carbocycles. The number of aryl methyl sites for hydroxylation is 1. The van der Waals surface area contributed by atoms with E-state index in [9.17, 15) is 9.50 Å². The first-order chi connectivity index (χ1) is 10.1. The monoisotopic (exact) mass is 291 g/mol. The lowest BCUT2D eigenvalue weighted by Gasteiger charge is -2.33. The fraction of sp³-hybridized carbons (Fsp3) is 0.667. The molecule has 2 atom stereocenters. The highest BCUT2D eigenvalue weighted by Crippen LogP contribution is 2.40. The van der Waals surface area contributed by atoms with Crippen LogP contribution in [0.4, 0.5) is 10.1 Å². The Bertz CT molecular complexity index is 508. The molecular weight excluding hydrogens is 265 g/mol. The molecule has 3 rings (SSSR count). The standard InChI is InChI=1S/C18H26FNO/c1-12-10-18(15(13(2)21)11-16(12)19)20-9-5-8-17(20)14-6-3-4-7-14/h10-11,13-14,17,21H,3-9H2,1-2H3/t13-,17?/m0/s1. The van der Waals surface area contributed by atoms with E-state index in [1.807, 2.05) is 13.0 Å². The van der Waals surface area contributed by atoms with Gasteiger partial charge in [-0.3, -0.25) is 0 Å². The van der Waals surface area contributed by atoms with Crippen molar-refractivity contribution < 1.29 is 9.50 Å². The van der Waals surface area contributed by atoms with E-state index >= 15 is 0 Å². The van der Waals surface area contributed by atoms with Gasteiger partial charge in [0.2, 0.25) is 0 Å². The molecule has 1 aliphatic carbocycles. The van der Waals surface area contributed by atoms with Gasteiger partial charge in [0.1, 0.15) is 5.82 Å². The van der Waals surface area contributed by atoms with Crippen molar-refractivity contribution in [3.63, 3.8) is 0 Å². The SMILES string of the molecule is Cc1cc(N2CCCC2C2CCCC2)c([C@H](C)O)cc1F. The van der Waals surface area contributed by atoms with Gasteiger partial charge < -0.3 is 10.0 Å². The molecule has 1 saturated carbocycles. The summed E-state index contributed by atoms with van der Waals surface area (Å²) in [7, 11) is 0. The smallest absolute Gasteiger partial charge is 0.126 e. The summed E-state index contributed by atoms with van der Waals surface area (Å²) in [4.78, 5) is 2.45. The molecule has 1 aliphatic heterocycles. The van der Waals surface area contributed by atoms with E-state index in [2.05, 4.69) is 4.90 Å². The van der Waals surface area contributed by atoms with Crippen molar-refractivity contribution in [1.82, 2.24) is 0 Å². The molecule has 0 aromatic heterocycles. The van der Waals surface area contributed by atoms with Gasteiger partial charge in [0, 0.05) is 23.8 Å². The van der Waals surface area contributed by atoms with E-state index < -0.39 is 6.10 Å². The molecule has 2 fully saturated rings. The van der Waals surface area contributed by atoms with Crippen LogP contribution in [0.2, 0.25) is 0 Å². The van der Waals surface area contributed by atoms with Crippen LogP contribution >= 0.6 is 0 Å². The number of anilines is 1. The third-order valence-corrected chi connectivity index (χ3v) is 5.31. The van der Waals surface area contributed by atoms with Crippen molar-refractivity contribution in [3.05, 3.63) is 29.1 Å². The number of nitrogens with zero attached hydrogens (tertiary/aromatic N) is 1.